The molecule has 1 aliphatic carbocycles. The molecule has 0 atom stereocenters. The fourth-order valence-electron chi connectivity index (χ4n) is 7.70. The Morgan fingerprint density at radius 3 is 1.87 bits per heavy atom. The van der Waals surface area contributed by atoms with Gasteiger partial charge in [0.05, 0.1) is 5.41 Å². The average Bonchev–Trinajstić information content (AvgIpc) is 3.79. The summed E-state index contributed by atoms with van der Waals surface area (Å²) in [5.74, 6) is 0. The van der Waals surface area contributed by atoms with Gasteiger partial charge in [-0.05, 0) is 92.0 Å². The lowest BCUT2D eigenvalue weighted by Crippen LogP contribution is -2.28. The van der Waals surface area contributed by atoms with Crippen LogP contribution in [0.25, 0.3) is 59.5 Å². The van der Waals surface area contributed by atoms with Crippen molar-refractivity contribution >= 4 is 37.4 Å². The minimum absolute atomic E-state index is 0.501. The van der Waals surface area contributed by atoms with Crippen molar-refractivity contribution in [2.24, 2.45) is 0 Å². The van der Waals surface area contributed by atoms with E-state index in [-0.39, 0.29) is 0 Å². The molecule has 47 heavy (non-hydrogen) atoms. The van der Waals surface area contributed by atoms with Gasteiger partial charge in [0, 0.05) is 28.7 Å². The second-order valence-corrected chi connectivity index (χ2v) is 13.3. The lowest BCUT2D eigenvalue weighted by molar-refractivity contribution is 0.769. The zero-order valence-electron chi connectivity index (χ0n) is 25.3. The van der Waals surface area contributed by atoms with Gasteiger partial charge in [0.25, 0.3) is 0 Å². The smallest absolute Gasteiger partial charge is 0.138 e. The van der Waals surface area contributed by atoms with Gasteiger partial charge in [-0.25, -0.2) is 4.98 Å². The molecule has 0 radical (unpaired) electrons. The highest BCUT2D eigenvalue weighted by molar-refractivity contribution is 7.25. The summed E-state index contributed by atoms with van der Waals surface area (Å²) in [7, 11) is 0. The van der Waals surface area contributed by atoms with Gasteiger partial charge in [-0.15, -0.1) is 11.3 Å². The summed E-state index contributed by atoms with van der Waals surface area (Å²) >= 11 is 1.80. The molecule has 4 heterocycles. The van der Waals surface area contributed by atoms with E-state index in [0.717, 1.165) is 16.7 Å². The molecule has 5 aromatic carbocycles. The first kappa shape index (κ1) is 26.4. The summed E-state index contributed by atoms with van der Waals surface area (Å²) in [6.07, 6.45) is 6.05. The quantitative estimate of drug-likeness (QED) is 0.197. The van der Waals surface area contributed by atoms with Crippen LogP contribution in [0.5, 0.6) is 0 Å². The van der Waals surface area contributed by atoms with Crippen molar-refractivity contribution in [3.05, 3.63) is 186 Å². The molecule has 0 bridgehead atoms. The molecular weight excluding hydrogens is 591 g/mol. The zero-order chi connectivity index (χ0) is 31.0. The van der Waals surface area contributed by atoms with Crippen LogP contribution in [0.3, 0.4) is 0 Å². The zero-order valence-corrected chi connectivity index (χ0v) is 26.2. The minimum atomic E-state index is -0.501. The number of pyridine rings is 2. The Morgan fingerprint density at radius 1 is 0.553 bits per heavy atom. The van der Waals surface area contributed by atoms with Crippen LogP contribution in [0.15, 0.2) is 164 Å². The number of fused-ring (bicyclic) bond motifs is 8. The van der Waals surface area contributed by atoms with E-state index >= 15 is 0 Å². The van der Waals surface area contributed by atoms with E-state index in [9.17, 15) is 0 Å². The number of imidazole rings is 1. The largest absolute Gasteiger partial charge is 0.290 e. The van der Waals surface area contributed by atoms with E-state index in [1.165, 1.54) is 65.0 Å². The van der Waals surface area contributed by atoms with Crippen LogP contribution < -0.4 is 0 Å². The lowest BCUT2D eigenvalue weighted by Gasteiger charge is -2.34. The number of thiophene rings is 1. The van der Waals surface area contributed by atoms with Crippen LogP contribution >= 0.6 is 11.3 Å². The number of nitrogens with zero attached hydrogens (tertiary/aromatic N) is 3. The Bertz CT molecular complexity index is 2580. The highest BCUT2D eigenvalue weighted by Crippen LogP contribution is 2.57. The number of benzene rings is 5. The molecule has 0 fully saturated rings. The lowest BCUT2D eigenvalue weighted by atomic mass is 9.67. The second kappa shape index (κ2) is 10.1. The van der Waals surface area contributed by atoms with Crippen molar-refractivity contribution in [2.45, 2.75) is 5.41 Å². The van der Waals surface area contributed by atoms with E-state index in [0.29, 0.717) is 0 Å². The predicted molar refractivity (Wildman–Crippen MR) is 194 cm³/mol. The van der Waals surface area contributed by atoms with Gasteiger partial charge in [0.1, 0.15) is 16.0 Å². The summed E-state index contributed by atoms with van der Waals surface area (Å²) in [6, 6.07) is 53.0. The summed E-state index contributed by atoms with van der Waals surface area (Å²) in [5.41, 5.74) is 13.8. The predicted octanol–water partition coefficient (Wildman–Crippen LogP) is 10.8. The maximum Gasteiger partial charge on any atom is 0.138 e. The molecule has 0 amide bonds. The molecule has 0 spiro atoms. The Hall–Kier alpha value is -5.84. The fourth-order valence-corrected chi connectivity index (χ4v) is 8.83. The van der Waals surface area contributed by atoms with Gasteiger partial charge in [-0.1, -0.05) is 109 Å². The molecule has 0 saturated carbocycles. The molecule has 3 nitrogen and oxygen atoms in total. The van der Waals surface area contributed by atoms with E-state index in [4.69, 9.17) is 4.98 Å². The van der Waals surface area contributed by atoms with Crippen LogP contribution in [0.1, 0.15) is 22.3 Å². The van der Waals surface area contributed by atoms with Crippen molar-refractivity contribution in [1.29, 1.82) is 0 Å². The maximum absolute atomic E-state index is 5.03. The summed E-state index contributed by atoms with van der Waals surface area (Å²) < 4.78 is 3.53. The molecule has 220 valence electrons. The Morgan fingerprint density at radius 2 is 1.19 bits per heavy atom. The van der Waals surface area contributed by atoms with Gasteiger partial charge >= 0.3 is 0 Å². The van der Waals surface area contributed by atoms with Crippen molar-refractivity contribution in [3.63, 3.8) is 0 Å². The number of rotatable bonds is 4. The van der Waals surface area contributed by atoms with Crippen molar-refractivity contribution in [1.82, 2.24) is 14.4 Å². The fraction of sp³-hybridized carbons (Fsp3) is 0.0233. The third-order valence-electron chi connectivity index (χ3n) is 9.80. The van der Waals surface area contributed by atoms with Gasteiger partial charge < -0.3 is 0 Å². The highest BCUT2D eigenvalue weighted by Gasteiger charge is 2.46. The second-order valence-electron chi connectivity index (χ2n) is 12.3. The topological polar surface area (TPSA) is 30.2 Å². The molecule has 4 heteroatoms. The summed E-state index contributed by atoms with van der Waals surface area (Å²) in [6.45, 7) is 0. The molecule has 4 aromatic heterocycles. The molecule has 10 rings (SSSR count). The number of hydrogen-bond donors (Lipinski definition) is 0. The van der Waals surface area contributed by atoms with Crippen molar-refractivity contribution in [3.8, 4) is 33.4 Å². The molecule has 0 saturated heterocycles. The third kappa shape index (κ3) is 3.79. The van der Waals surface area contributed by atoms with Crippen molar-refractivity contribution in [2.75, 3.05) is 0 Å². The van der Waals surface area contributed by atoms with Crippen LogP contribution in [0.2, 0.25) is 0 Å². The van der Waals surface area contributed by atoms with E-state index in [1.807, 2.05) is 18.5 Å². The molecule has 1 aliphatic rings. The van der Waals surface area contributed by atoms with Crippen LogP contribution in [0, 0.1) is 0 Å². The van der Waals surface area contributed by atoms with Crippen LogP contribution in [-0.4, -0.2) is 14.4 Å². The minimum Gasteiger partial charge on any atom is -0.290 e. The van der Waals surface area contributed by atoms with Gasteiger partial charge in [0.2, 0.25) is 0 Å². The molecule has 0 aliphatic heterocycles. The van der Waals surface area contributed by atoms with E-state index < -0.39 is 5.41 Å². The Labute approximate surface area is 276 Å². The van der Waals surface area contributed by atoms with Gasteiger partial charge in [0.15, 0.2) is 0 Å². The van der Waals surface area contributed by atoms with Crippen LogP contribution in [-0.2, 0) is 5.41 Å². The SMILES string of the molecule is c1ccc(C2(c3ccccc3)c3cc(-c4cccnc4)ccc3-c3ccc(-c4ccc5nc6c7ccccc7sc6n5c4)cc32)cc1. The van der Waals surface area contributed by atoms with Crippen molar-refractivity contribution < 1.29 is 0 Å². The number of hydrogen-bond acceptors (Lipinski definition) is 3. The van der Waals surface area contributed by atoms with E-state index in [2.05, 4.69) is 155 Å². The van der Waals surface area contributed by atoms with E-state index in [1.54, 1.807) is 11.3 Å². The van der Waals surface area contributed by atoms with Crippen LogP contribution in [0.4, 0.5) is 0 Å². The first-order valence-corrected chi connectivity index (χ1v) is 16.7. The third-order valence-corrected chi connectivity index (χ3v) is 11.0. The first-order chi connectivity index (χ1) is 23.3. The van der Waals surface area contributed by atoms with Gasteiger partial charge in [-0.3, -0.25) is 9.38 Å². The monoisotopic (exact) mass is 617 g/mol. The standard InChI is InChI=1S/C43H27N3S/c1-3-11-32(12-4-1)43(33-13-5-2-6-14-33)37-24-28(30-10-9-23-44-26-30)17-20-34(37)35-21-18-29(25-38(35)43)31-19-22-40-45-41-36-15-7-8-16-39(36)47-42(41)46(40)27-31/h1-27H. The molecule has 0 unspecified atom stereocenters. The molecule has 9 aromatic rings. The summed E-state index contributed by atoms with van der Waals surface area (Å²) in [5, 5.41) is 1.22. The Balaban J connectivity index is 1.24. The number of aromatic nitrogens is 3. The molecule has 0 N–H and O–H groups in total. The Kier molecular flexibility index (Phi) is 5.66. The first-order valence-electron chi connectivity index (χ1n) is 15.9. The van der Waals surface area contributed by atoms with Gasteiger partial charge in [-0.2, -0.15) is 0 Å². The maximum atomic E-state index is 5.03. The highest BCUT2D eigenvalue weighted by atomic mass is 32.1. The normalized spacial score (nSPS) is 13.3. The molecular formula is C43H27N3S. The average molecular weight is 618 g/mol. The summed E-state index contributed by atoms with van der Waals surface area (Å²) in [4.78, 5) is 10.6.